The van der Waals surface area contributed by atoms with Crippen LogP contribution in [0.1, 0.15) is 17.1 Å². The molecular formula is C12H11ClO. The standard InChI is InChI=1S/C12H11ClO/c1-9-5-6-12(14-9)8-10-3-2-4-11(13)7-10/h2-7H,8H2,1H3. The molecule has 0 aliphatic heterocycles. The van der Waals surface area contributed by atoms with E-state index in [4.69, 9.17) is 16.0 Å². The van der Waals surface area contributed by atoms with E-state index in [0.717, 1.165) is 23.0 Å². The molecule has 0 fully saturated rings. The van der Waals surface area contributed by atoms with E-state index in [2.05, 4.69) is 0 Å². The minimum atomic E-state index is 0.769. The Morgan fingerprint density at radius 3 is 2.71 bits per heavy atom. The Morgan fingerprint density at radius 2 is 2.07 bits per heavy atom. The van der Waals surface area contributed by atoms with Crippen molar-refractivity contribution >= 4 is 11.6 Å². The van der Waals surface area contributed by atoms with Crippen LogP contribution >= 0.6 is 11.6 Å². The van der Waals surface area contributed by atoms with Crippen LogP contribution in [-0.2, 0) is 6.42 Å². The molecule has 0 N–H and O–H groups in total. The second kappa shape index (κ2) is 3.89. The maximum absolute atomic E-state index is 5.89. The largest absolute Gasteiger partial charge is 0.466 e. The third kappa shape index (κ3) is 2.18. The summed E-state index contributed by atoms with van der Waals surface area (Å²) in [5, 5.41) is 0.769. The Balaban J connectivity index is 2.18. The normalized spacial score (nSPS) is 10.4. The van der Waals surface area contributed by atoms with Gasteiger partial charge in [-0.25, -0.2) is 0 Å². The van der Waals surface area contributed by atoms with Crippen LogP contribution < -0.4 is 0 Å². The molecule has 0 bridgehead atoms. The number of benzene rings is 1. The van der Waals surface area contributed by atoms with Gasteiger partial charge in [0, 0.05) is 11.4 Å². The van der Waals surface area contributed by atoms with Gasteiger partial charge >= 0.3 is 0 Å². The maximum atomic E-state index is 5.89. The summed E-state index contributed by atoms with van der Waals surface area (Å²) < 4.78 is 5.48. The van der Waals surface area contributed by atoms with E-state index in [1.54, 1.807) is 0 Å². The number of halogens is 1. The SMILES string of the molecule is Cc1ccc(Cc2cccc(Cl)c2)o1. The fourth-order valence-corrected chi connectivity index (χ4v) is 1.64. The fourth-order valence-electron chi connectivity index (χ4n) is 1.43. The highest BCUT2D eigenvalue weighted by molar-refractivity contribution is 6.30. The van der Waals surface area contributed by atoms with Gasteiger partial charge < -0.3 is 4.42 Å². The van der Waals surface area contributed by atoms with E-state index in [1.807, 2.05) is 43.3 Å². The molecule has 0 amide bonds. The number of hydrogen-bond acceptors (Lipinski definition) is 1. The number of hydrogen-bond donors (Lipinski definition) is 0. The molecule has 0 unspecified atom stereocenters. The van der Waals surface area contributed by atoms with Crippen molar-refractivity contribution in [2.75, 3.05) is 0 Å². The Hall–Kier alpha value is -1.21. The Kier molecular flexibility index (Phi) is 2.60. The van der Waals surface area contributed by atoms with E-state index in [1.165, 1.54) is 5.56 Å². The summed E-state index contributed by atoms with van der Waals surface area (Å²) in [4.78, 5) is 0. The van der Waals surface area contributed by atoms with Gasteiger partial charge in [-0.2, -0.15) is 0 Å². The van der Waals surface area contributed by atoms with Gasteiger partial charge in [0.2, 0.25) is 0 Å². The van der Waals surface area contributed by atoms with Gasteiger partial charge in [0.25, 0.3) is 0 Å². The highest BCUT2D eigenvalue weighted by atomic mass is 35.5. The second-order valence-corrected chi connectivity index (χ2v) is 3.76. The van der Waals surface area contributed by atoms with Crippen LogP contribution in [0, 0.1) is 6.92 Å². The number of furan rings is 1. The molecule has 1 aromatic heterocycles. The fraction of sp³-hybridized carbons (Fsp3) is 0.167. The Bertz CT molecular complexity index is 431. The summed E-state index contributed by atoms with van der Waals surface area (Å²) >= 11 is 5.89. The van der Waals surface area contributed by atoms with E-state index < -0.39 is 0 Å². The lowest BCUT2D eigenvalue weighted by Crippen LogP contribution is -1.84. The molecule has 0 aliphatic carbocycles. The molecule has 2 heteroatoms. The topological polar surface area (TPSA) is 13.1 Å². The lowest BCUT2D eigenvalue weighted by atomic mass is 10.1. The third-order valence-corrected chi connectivity index (χ3v) is 2.30. The van der Waals surface area contributed by atoms with Crippen LogP contribution in [0.2, 0.25) is 5.02 Å². The molecule has 2 aromatic rings. The average Bonchev–Trinajstić information content (AvgIpc) is 2.51. The molecule has 2 rings (SSSR count). The van der Waals surface area contributed by atoms with Crippen LogP contribution in [0.3, 0.4) is 0 Å². The first-order valence-electron chi connectivity index (χ1n) is 4.54. The van der Waals surface area contributed by atoms with Crippen molar-refractivity contribution in [3.8, 4) is 0 Å². The summed E-state index contributed by atoms with van der Waals surface area (Å²) in [5.41, 5.74) is 1.17. The van der Waals surface area contributed by atoms with E-state index >= 15 is 0 Å². The highest BCUT2D eigenvalue weighted by Gasteiger charge is 2.00. The van der Waals surface area contributed by atoms with E-state index in [0.29, 0.717) is 0 Å². The van der Waals surface area contributed by atoms with E-state index in [-0.39, 0.29) is 0 Å². The van der Waals surface area contributed by atoms with Gasteiger partial charge in [-0.1, -0.05) is 23.7 Å². The molecular weight excluding hydrogens is 196 g/mol. The van der Waals surface area contributed by atoms with Crippen LogP contribution in [0.5, 0.6) is 0 Å². The monoisotopic (exact) mass is 206 g/mol. The quantitative estimate of drug-likeness (QED) is 0.728. The zero-order valence-corrected chi connectivity index (χ0v) is 8.71. The number of rotatable bonds is 2. The van der Waals surface area contributed by atoms with E-state index in [9.17, 15) is 0 Å². The molecule has 1 nitrogen and oxygen atoms in total. The van der Waals surface area contributed by atoms with Crippen LogP contribution in [0.15, 0.2) is 40.8 Å². The van der Waals surface area contributed by atoms with Crippen molar-refractivity contribution in [3.05, 3.63) is 58.5 Å². The second-order valence-electron chi connectivity index (χ2n) is 3.32. The molecule has 0 atom stereocenters. The van der Waals surface area contributed by atoms with Crippen molar-refractivity contribution in [1.29, 1.82) is 0 Å². The summed E-state index contributed by atoms with van der Waals surface area (Å²) in [6, 6.07) is 11.8. The summed E-state index contributed by atoms with van der Waals surface area (Å²) in [5.74, 6) is 1.92. The van der Waals surface area contributed by atoms with Crippen molar-refractivity contribution in [1.82, 2.24) is 0 Å². The molecule has 14 heavy (non-hydrogen) atoms. The lowest BCUT2D eigenvalue weighted by Gasteiger charge is -1.98. The molecule has 0 aliphatic rings. The summed E-state index contributed by atoms with van der Waals surface area (Å²) in [6.07, 6.45) is 0.800. The van der Waals surface area contributed by atoms with Gasteiger partial charge in [0.05, 0.1) is 0 Å². The highest BCUT2D eigenvalue weighted by Crippen LogP contribution is 2.16. The molecule has 0 radical (unpaired) electrons. The van der Waals surface area contributed by atoms with Crippen LogP contribution in [0.4, 0.5) is 0 Å². The minimum absolute atomic E-state index is 0.769. The van der Waals surface area contributed by atoms with Crippen LogP contribution in [-0.4, -0.2) is 0 Å². The summed E-state index contributed by atoms with van der Waals surface area (Å²) in [7, 11) is 0. The van der Waals surface area contributed by atoms with Crippen molar-refractivity contribution in [3.63, 3.8) is 0 Å². The van der Waals surface area contributed by atoms with Crippen molar-refractivity contribution in [2.45, 2.75) is 13.3 Å². The molecule has 0 spiro atoms. The van der Waals surface area contributed by atoms with Crippen molar-refractivity contribution in [2.24, 2.45) is 0 Å². The third-order valence-electron chi connectivity index (χ3n) is 2.06. The Labute approximate surface area is 88.3 Å². The molecule has 72 valence electrons. The van der Waals surface area contributed by atoms with Gasteiger partial charge in [0.1, 0.15) is 11.5 Å². The predicted octanol–water partition coefficient (Wildman–Crippen LogP) is 3.83. The first-order chi connectivity index (χ1) is 6.74. The first-order valence-corrected chi connectivity index (χ1v) is 4.91. The first kappa shape index (κ1) is 9.35. The minimum Gasteiger partial charge on any atom is -0.466 e. The van der Waals surface area contributed by atoms with Crippen molar-refractivity contribution < 1.29 is 4.42 Å². The smallest absolute Gasteiger partial charge is 0.108 e. The lowest BCUT2D eigenvalue weighted by molar-refractivity contribution is 0.493. The van der Waals surface area contributed by atoms with Crippen LogP contribution in [0.25, 0.3) is 0 Å². The van der Waals surface area contributed by atoms with Gasteiger partial charge in [-0.05, 0) is 36.8 Å². The Morgan fingerprint density at radius 1 is 1.21 bits per heavy atom. The summed E-state index contributed by atoms with van der Waals surface area (Å²) in [6.45, 7) is 1.95. The zero-order valence-electron chi connectivity index (χ0n) is 7.96. The molecule has 0 saturated carbocycles. The predicted molar refractivity (Wildman–Crippen MR) is 57.7 cm³/mol. The average molecular weight is 207 g/mol. The molecule has 1 heterocycles. The molecule has 1 aromatic carbocycles. The number of aryl methyl sites for hydroxylation is 1. The molecule has 0 saturated heterocycles. The van der Waals surface area contributed by atoms with Gasteiger partial charge in [0.15, 0.2) is 0 Å². The maximum Gasteiger partial charge on any atom is 0.108 e. The zero-order chi connectivity index (χ0) is 9.97. The van der Waals surface area contributed by atoms with Gasteiger partial charge in [-0.15, -0.1) is 0 Å². The van der Waals surface area contributed by atoms with Gasteiger partial charge in [-0.3, -0.25) is 0 Å².